The van der Waals surface area contributed by atoms with Crippen LogP contribution in [0, 0.1) is 20.8 Å². The molecule has 0 saturated carbocycles. The fraction of sp³-hybridized carbons (Fsp3) is 0.111. The first kappa shape index (κ1) is 24.5. The summed E-state index contributed by atoms with van der Waals surface area (Å²) in [7, 11) is -3.93. The maximum atomic E-state index is 13.3. The minimum atomic E-state index is -3.93. The van der Waals surface area contributed by atoms with Crippen molar-refractivity contribution in [2.75, 3.05) is 10.5 Å². The Kier molecular flexibility index (Phi) is 6.22. The van der Waals surface area contributed by atoms with Crippen molar-refractivity contribution < 1.29 is 13.2 Å². The number of aryl methyl sites for hydroxylation is 3. The van der Waals surface area contributed by atoms with E-state index in [1.807, 2.05) is 43.3 Å². The highest BCUT2D eigenvalue weighted by atomic mass is 32.2. The Labute approximate surface area is 218 Å². The number of nitrogens with one attached hydrogen (secondary N) is 1. The lowest BCUT2D eigenvalue weighted by atomic mass is 10.1. The van der Waals surface area contributed by atoms with Crippen molar-refractivity contribution in [3.8, 4) is 11.3 Å². The van der Waals surface area contributed by atoms with Gasteiger partial charge in [-0.15, -0.1) is 11.3 Å². The van der Waals surface area contributed by atoms with Crippen LogP contribution in [0.5, 0.6) is 0 Å². The molecular weight excluding hydrogens is 506 g/mol. The lowest BCUT2D eigenvalue weighted by Gasteiger charge is -2.08. The van der Waals surface area contributed by atoms with E-state index in [1.165, 1.54) is 35.6 Å². The molecule has 2 aromatic carbocycles. The molecule has 0 radical (unpaired) electrons. The van der Waals surface area contributed by atoms with E-state index in [2.05, 4.69) is 14.7 Å². The van der Waals surface area contributed by atoms with Gasteiger partial charge in [0.2, 0.25) is 11.7 Å². The maximum absolute atomic E-state index is 13.3. The normalized spacial score (nSPS) is 11.5. The average Bonchev–Trinajstić information content (AvgIpc) is 3.19. The number of thiophene rings is 1. The number of anilines is 2. The van der Waals surface area contributed by atoms with E-state index in [1.54, 1.807) is 19.9 Å². The monoisotopic (exact) mass is 529 g/mol. The second-order valence-corrected chi connectivity index (χ2v) is 11.4. The number of fused-ring (bicyclic) bond motifs is 1. The van der Waals surface area contributed by atoms with Gasteiger partial charge in [0.05, 0.1) is 16.3 Å². The number of nitrogen functional groups attached to an aromatic ring is 1. The molecule has 0 aliphatic carbocycles. The van der Waals surface area contributed by atoms with Gasteiger partial charge >= 0.3 is 0 Å². The number of ketones is 1. The first-order valence-corrected chi connectivity index (χ1v) is 13.7. The summed E-state index contributed by atoms with van der Waals surface area (Å²) < 4.78 is 28.0. The summed E-state index contributed by atoms with van der Waals surface area (Å²) in [5.41, 5.74) is 11.2. The zero-order valence-corrected chi connectivity index (χ0v) is 21.9. The van der Waals surface area contributed by atoms with E-state index in [0.717, 1.165) is 16.8 Å². The van der Waals surface area contributed by atoms with Gasteiger partial charge in [-0.1, -0.05) is 29.8 Å². The number of carbonyl (C=O) groups excluding carboxylic acids is 1. The van der Waals surface area contributed by atoms with E-state index in [-0.39, 0.29) is 16.6 Å². The van der Waals surface area contributed by atoms with Crippen LogP contribution in [-0.4, -0.2) is 29.2 Å². The molecule has 0 spiro atoms. The van der Waals surface area contributed by atoms with Gasteiger partial charge in [0.25, 0.3) is 10.0 Å². The molecule has 186 valence electrons. The minimum Gasteiger partial charge on any atom is -0.397 e. The van der Waals surface area contributed by atoms with Crippen LogP contribution in [0.3, 0.4) is 0 Å². The summed E-state index contributed by atoms with van der Waals surface area (Å²) in [5, 5.41) is 0.709. The van der Waals surface area contributed by atoms with E-state index in [9.17, 15) is 13.2 Å². The lowest BCUT2D eigenvalue weighted by molar-refractivity contribution is 0.104. The molecule has 0 unspecified atom stereocenters. The van der Waals surface area contributed by atoms with Crippen molar-refractivity contribution in [1.82, 2.24) is 15.0 Å². The Morgan fingerprint density at radius 3 is 2.16 bits per heavy atom. The number of carbonyl (C=O) groups is 1. The fourth-order valence-electron chi connectivity index (χ4n) is 3.92. The molecule has 3 aromatic heterocycles. The standard InChI is InChI=1S/C27H23N5O3S2/c1-15-4-6-18(7-5-15)22-13-12-21-23(28)25(36-26(21)31-22)24(33)19-8-10-20(11-9-19)37(34,35)32-27-29-16(2)14-17(3)30-27/h4-14H,28H2,1-3H3,(H,29,30,32). The third kappa shape index (κ3) is 4.93. The molecular formula is C27H23N5O3S2. The van der Waals surface area contributed by atoms with Crippen LogP contribution in [0.15, 0.2) is 71.6 Å². The molecule has 3 heterocycles. The molecule has 0 atom stereocenters. The highest BCUT2D eigenvalue weighted by Crippen LogP contribution is 2.35. The van der Waals surface area contributed by atoms with Gasteiger partial charge in [-0.05, 0) is 63.2 Å². The average molecular weight is 530 g/mol. The van der Waals surface area contributed by atoms with Crippen molar-refractivity contribution in [2.45, 2.75) is 25.7 Å². The summed E-state index contributed by atoms with van der Waals surface area (Å²) in [6.45, 7) is 5.53. The minimum absolute atomic E-state index is 0.00629. The third-order valence-corrected chi connectivity index (χ3v) is 8.24. The van der Waals surface area contributed by atoms with E-state index < -0.39 is 10.0 Å². The van der Waals surface area contributed by atoms with Gasteiger partial charge in [-0.25, -0.2) is 28.1 Å². The van der Waals surface area contributed by atoms with Gasteiger partial charge in [0.15, 0.2) is 0 Å². The number of benzene rings is 2. The zero-order valence-electron chi connectivity index (χ0n) is 20.3. The highest BCUT2D eigenvalue weighted by molar-refractivity contribution is 7.92. The van der Waals surface area contributed by atoms with Crippen molar-refractivity contribution in [3.63, 3.8) is 0 Å². The summed E-state index contributed by atoms with van der Waals surface area (Å²) in [6.07, 6.45) is 0. The molecule has 0 fully saturated rings. The van der Waals surface area contributed by atoms with Crippen molar-refractivity contribution in [2.24, 2.45) is 0 Å². The quantitative estimate of drug-likeness (QED) is 0.286. The smallest absolute Gasteiger partial charge is 0.264 e. The first-order valence-electron chi connectivity index (χ1n) is 11.4. The maximum Gasteiger partial charge on any atom is 0.264 e. The number of nitrogens with two attached hydrogens (primary N) is 1. The van der Waals surface area contributed by atoms with Gasteiger partial charge < -0.3 is 5.73 Å². The predicted octanol–water partition coefficient (Wildman–Crippen LogP) is 5.29. The Morgan fingerprint density at radius 2 is 1.51 bits per heavy atom. The molecule has 0 amide bonds. The largest absolute Gasteiger partial charge is 0.397 e. The highest BCUT2D eigenvalue weighted by Gasteiger charge is 2.21. The van der Waals surface area contributed by atoms with Crippen molar-refractivity contribution in [3.05, 3.63) is 94.1 Å². The topological polar surface area (TPSA) is 128 Å². The molecule has 8 nitrogen and oxygen atoms in total. The molecule has 0 aliphatic heterocycles. The molecule has 0 bridgehead atoms. The number of hydrogen-bond donors (Lipinski definition) is 2. The number of aromatic nitrogens is 3. The number of nitrogens with zero attached hydrogens (tertiary/aromatic N) is 3. The van der Waals surface area contributed by atoms with E-state index in [0.29, 0.717) is 37.7 Å². The third-order valence-electron chi connectivity index (χ3n) is 5.78. The number of hydrogen-bond acceptors (Lipinski definition) is 8. The molecule has 37 heavy (non-hydrogen) atoms. The van der Waals surface area contributed by atoms with Crippen LogP contribution in [0.2, 0.25) is 0 Å². The summed E-state index contributed by atoms with van der Waals surface area (Å²) in [4.78, 5) is 27.2. The van der Waals surface area contributed by atoms with Gasteiger partial charge in [-0.2, -0.15) is 0 Å². The Balaban J connectivity index is 1.41. The van der Waals surface area contributed by atoms with Crippen LogP contribution >= 0.6 is 11.3 Å². The van der Waals surface area contributed by atoms with Gasteiger partial charge in [0, 0.05) is 27.9 Å². The second-order valence-electron chi connectivity index (χ2n) is 8.69. The second kappa shape index (κ2) is 9.38. The first-order chi connectivity index (χ1) is 17.6. The Morgan fingerprint density at radius 1 is 0.865 bits per heavy atom. The number of pyridine rings is 1. The molecule has 0 saturated heterocycles. The lowest BCUT2D eigenvalue weighted by Crippen LogP contribution is -2.16. The van der Waals surface area contributed by atoms with Gasteiger partial charge in [-0.3, -0.25) is 4.79 Å². The van der Waals surface area contributed by atoms with Crippen LogP contribution in [0.25, 0.3) is 21.5 Å². The molecule has 0 aliphatic rings. The number of sulfonamides is 1. The summed E-state index contributed by atoms with van der Waals surface area (Å²) >= 11 is 1.22. The van der Waals surface area contributed by atoms with Crippen LogP contribution in [0.4, 0.5) is 11.6 Å². The molecule has 5 rings (SSSR count). The van der Waals surface area contributed by atoms with Crippen LogP contribution in [0.1, 0.15) is 32.2 Å². The van der Waals surface area contributed by atoms with Crippen LogP contribution < -0.4 is 10.5 Å². The Bertz CT molecular complexity index is 1740. The van der Waals surface area contributed by atoms with E-state index >= 15 is 0 Å². The molecule has 3 N–H and O–H groups in total. The zero-order chi connectivity index (χ0) is 26.3. The van der Waals surface area contributed by atoms with Crippen molar-refractivity contribution >= 4 is 49.0 Å². The Hall–Kier alpha value is -4.15. The van der Waals surface area contributed by atoms with E-state index in [4.69, 9.17) is 10.7 Å². The number of rotatable bonds is 6. The van der Waals surface area contributed by atoms with Gasteiger partial charge in [0.1, 0.15) is 9.71 Å². The molecule has 10 heteroatoms. The van der Waals surface area contributed by atoms with Crippen LogP contribution in [-0.2, 0) is 10.0 Å². The SMILES string of the molecule is Cc1ccc(-c2ccc3c(N)c(C(=O)c4ccc(S(=O)(=O)Nc5nc(C)cc(C)n5)cc4)sc3n2)cc1. The van der Waals surface area contributed by atoms with Crippen molar-refractivity contribution in [1.29, 1.82) is 0 Å². The fourth-order valence-corrected chi connectivity index (χ4v) is 5.92. The summed E-state index contributed by atoms with van der Waals surface area (Å²) in [6, 6.07) is 19.2. The summed E-state index contributed by atoms with van der Waals surface area (Å²) in [5.74, 6) is -0.305. The predicted molar refractivity (Wildman–Crippen MR) is 146 cm³/mol. The molecule has 5 aromatic rings.